The third-order valence-electron chi connectivity index (χ3n) is 3.38. The number of rotatable bonds is 7. The molecule has 2 rings (SSSR count). The molecule has 7 nitrogen and oxygen atoms in total. The van der Waals surface area contributed by atoms with Crippen LogP contribution in [0.15, 0.2) is 33.7 Å². The van der Waals surface area contributed by atoms with Gasteiger partial charge in [0.25, 0.3) is 0 Å². The van der Waals surface area contributed by atoms with Gasteiger partial charge in [0.2, 0.25) is 10.0 Å². The number of aryl methyl sites for hydroxylation is 3. The van der Waals surface area contributed by atoms with E-state index in [2.05, 4.69) is 9.88 Å². The Morgan fingerprint density at radius 1 is 1.21 bits per heavy atom. The minimum atomic E-state index is -3.76. The van der Waals surface area contributed by atoms with E-state index in [-0.39, 0.29) is 35.9 Å². The van der Waals surface area contributed by atoms with Crippen LogP contribution in [0.1, 0.15) is 29.0 Å². The summed E-state index contributed by atoms with van der Waals surface area (Å²) in [5.74, 6) is -0.265. The third-order valence-corrected chi connectivity index (χ3v) is 5.08. The second-order valence-corrected chi connectivity index (χ2v) is 7.15. The smallest absolute Gasteiger partial charge is 0.307 e. The summed E-state index contributed by atoms with van der Waals surface area (Å²) in [5, 5.41) is 3.61. The molecule has 0 aliphatic rings. The van der Waals surface area contributed by atoms with E-state index in [9.17, 15) is 13.2 Å². The van der Waals surface area contributed by atoms with Crippen LogP contribution in [-0.2, 0) is 26.2 Å². The van der Waals surface area contributed by atoms with Gasteiger partial charge in [-0.05, 0) is 26.3 Å². The highest BCUT2D eigenvalue weighted by molar-refractivity contribution is 7.89. The van der Waals surface area contributed by atoms with Crippen molar-refractivity contribution in [2.45, 2.75) is 38.7 Å². The Morgan fingerprint density at radius 2 is 1.88 bits per heavy atom. The summed E-state index contributed by atoms with van der Waals surface area (Å²) in [4.78, 5) is 11.7. The van der Waals surface area contributed by atoms with Gasteiger partial charge in [-0.25, -0.2) is 13.1 Å². The average Bonchev–Trinajstić information content (AvgIpc) is 2.86. The first kappa shape index (κ1) is 18.2. The van der Waals surface area contributed by atoms with Gasteiger partial charge in [0.15, 0.2) is 5.76 Å². The van der Waals surface area contributed by atoms with Gasteiger partial charge >= 0.3 is 5.97 Å². The fraction of sp³-hybridized carbons (Fsp3) is 0.375. The van der Waals surface area contributed by atoms with Crippen molar-refractivity contribution >= 4 is 16.0 Å². The van der Waals surface area contributed by atoms with Crippen molar-refractivity contribution in [3.8, 4) is 0 Å². The molecule has 1 aromatic heterocycles. The second-order valence-electron chi connectivity index (χ2n) is 5.45. The molecule has 0 saturated heterocycles. The molecule has 1 aromatic carbocycles. The first-order chi connectivity index (χ1) is 11.3. The van der Waals surface area contributed by atoms with Crippen molar-refractivity contribution in [2.24, 2.45) is 0 Å². The number of hydrogen-bond donors (Lipinski definition) is 1. The molecule has 0 radical (unpaired) electrons. The van der Waals surface area contributed by atoms with E-state index >= 15 is 0 Å². The summed E-state index contributed by atoms with van der Waals surface area (Å²) < 4.78 is 36.6. The Kier molecular flexibility index (Phi) is 5.74. The van der Waals surface area contributed by atoms with Crippen LogP contribution >= 0.6 is 0 Å². The Hall–Kier alpha value is -2.19. The van der Waals surface area contributed by atoms with Gasteiger partial charge in [-0.15, -0.1) is 0 Å². The van der Waals surface area contributed by atoms with Crippen LogP contribution < -0.4 is 4.72 Å². The molecular formula is C16H20N2O5S. The minimum absolute atomic E-state index is 0.00974. The fourth-order valence-corrected chi connectivity index (χ4v) is 3.50. The monoisotopic (exact) mass is 352 g/mol. The normalized spacial score (nSPS) is 11.5. The second kappa shape index (κ2) is 7.59. The van der Waals surface area contributed by atoms with E-state index in [0.717, 1.165) is 11.1 Å². The van der Waals surface area contributed by atoms with Crippen molar-refractivity contribution in [3.05, 3.63) is 46.8 Å². The number of carbonyl (C=O) groups excluding carboxylic acids is 1. The standard InChI is InChI=1S/C16H20N2O5S/c1-11-4-6-14(7-5-11)10-22-15(19)8-9-17-24(20,21)16-12(2)18-23-13(16)3/h4-7,17H,8-10H2,1-3H3. The number of benzene rings is 1. The zero-order valence-corrected chi connectivity index (χ0v) is 14.6. The average molecular weight is 352 g/mol. The van der Waals surface area contributed by atoms with Crippen LogP contribution in [0.25, 0.3) is 0 Å². The van der Waals surface area contributed by atoms with Crippen molar-refractivity contribution in [1.29, 1.82) is 0 Å². The number of aromatic nitrogens is 1. The molecule has 0 aliphatic carbocycles. The Morgan fingerprint density at radius 3 is 2.46 bits per heavy atom. The lowest BCUT2D eigenvalue weighted by atomic mass is 10.2. The first-order valence-corrected chi connectivity index (χ1v) is 8.91. The summed E-state index contributed by atoms with van der Waals surface area (Å²) in [6.07, 6.45) is -0.0610. The predicted octanol–water partition coefficient (Wildman–Crippen LogP) is 2.01. The number of esters is 1. The number of carbonyl (C=O) groups is 1. The maximum absolute atomic E-state index is 12.2. The molecule has 0 aliphatic heterocycles. The Balaban J connectivity index is 1.81. The number of nitrogens with zero attached hydrogens (tertiary/aromatic N) is 1. The fourth-order valence-electron chi connectivity index (χ4n) is 2.14. The van der Waals surface area contributed by atoms with E-state index in [0.29, 0.717) is 0 Å². The van der Waals surface area contributed by atoms with Gasteiger partial charge in [-0.2, -0.15) is 0 Å². The highest BCUT2D eigenvalue weighted by Gasteiger charge is 2.23. The van der Waals surface area contributed by atoms with Crippen LogP contribution in [0.2, 0.25) is 0 Å². The highest BCUT2D eigenvalue weighted by Crippen LogP contribution is 2.18. The molecule has 0 atom stereocenters. The molecule has 1 heterocycles. The van der Waals surface area contributed by atoms with Crippen molar-refractivity contribution in [3.63, 3.8) is 0 Å². The maximum atomic E-state index is 12.2. The topological polar surface area (TPSA) is 98.5 Å². The van der Waals surface area contributed by atoms with Crippen LogP contribution in [0.3, 0.4) is 0 Å². The van der Waals surface area contributed by atoms with Crippen LogP contribution in [0.4, 0.5) is 0 Å². The summed E-state index contributed by atoms with van der Waals surface area (Å²) >= 11 is 0. The third kappa shape index (κ3) is 4.65. The molecule has 130 valence electrons. The van der Waals surface area contributed by atoms with Gasteiger partial charge in [0.1, 0.15) is 17.2 Å². The molecule has 0 amide bonds. The van der Waals surface area contributed by atoms with Gasteiger partial charge in [-0.1, -0.05) is 35.0 Å². The molecule has 0 spiro atoms. The van der Waals surface area contributed by atoms with Crippen molar-refractivity contribution < 1.29 is 22.5 Å². The van der Waals surface area contributed by atoms with E-state index in [1.54, 1.807) is 6.92 Å². The molecule has 8 heteroatoms. The minimum Gasteiger partial charge on any atom is -0.461 e. The predicted molar refractivity (Wildman–Crippen MR) is 86.8 cm³/mol. The van der Waals surface area contributed by atoms with E-state index in [1.165, 1.54) is 6.92 Å². The Bertz CT molecular complexity index is 790. The van der Waals surface area contributed by atoms with Crippen LogP contribution in [0, 0.1) is 20.8 Å². The lowest BCUT2D eigenvalue weighted by molar-refractivity contribution is -0.144. The first-order valence-electron chi connectivity index (χ1n) is 7.43. The number of nitrogens with one attached hydrogen (secondary N) is 1. The molecule has 2 aromatic rings. The lowest BCUT2D eigenvalue weighted by Crippen LogP contribution is -2.27. The maximum Gasteiger partial charge on any atom is 0.307 e. The highest BCUT2D eigenvalue weighted by atomic mass is 32.2. The molecule has 1 N–H and O–H groups in total. The largest absolute Gasteiger partial charge is 0.461 e. The molecule has 24 heavy (non-hydrogen) atoms. The van der Waals surface area contributed by atoms with Gasteiger partial charge in [0, 0.05) is 6.54 Å². The molecule has 0 bridgehead atoms. The lowest BCUT2D eigenvalue weighted by Gasteiger charge is -2.07. The molecular weight excluding hydrogens is 332 g/mol. The van der Waals surface area contributed by atoms with Crippen LogP contribution in [-0.4, -0.2) is 26.1 Å². The zero-order valence-electron chi connectivity index (χ0n) is 13.8. The number of sulfonamides is 1. The quantitative estimate of drug-likeness (QED) is 0.766. The SMILES string of the molecule is Cc1ccc(COC(=O)CCNS(=O)(=O)c2c(C)noc2C)cc1. The zero-order chi connectivity index (χ0) is 17.7. The Labute approximate surface area is 141 Å². The van der Waals surface area contributed by atoms with E-state index in [4.69, 9.17) is 9.26 Å². The van der Waals surface area contributed by atoms with E-state index < -0.39 is 16.0 Å². The van der Waals surface area contributed by atoms with Crippen molar-refractivity contribution in [1.82, 2.24) is 9.88 Å². The van der Waals surface area contributed by atoms with E-state index in [1.807, 2.05) is 31.2 Å². The van der Waals surface area contributed by atoms with Gasteiger partial charge in [0.05, 0.1) is 6.42 Å². The molecule has 0 saturated carbocycles. The number of ether oxygens (including phenoxy) is 1. The summed E-state index contributed by atoms with van der Waals surface area (Å²) in [5.41, 5.74) is 2.28. The summed E-state index contributed by atoms with van der Waals surface area (Å²) in [6, 6.07) is 7.62. The molecule has 0 fully saturated rings. The number of hydrogen-bond acceptors (Lipinski definition) is 6. The van der Waals surface area contributed by atoms with Crippen LogP contribution in [0.5, 0.6) is 0 Å². The summed E-state index contributed by atoms with van der Waals surface area (Å²) in [7, 11) is -3.76. The van der Waals surface area contributed by atoms with Gasteiger partial charge in [-0.3, -0.25) is 4.79 Å². The molecule has 0 unspecified atom stereocenters. The van der Waals surface area contributed by atoms with Crippen molar-refractivity contribution in [2.75, 3.05) is 6.54 Å². The van der Waals surface area contributed by atoms with Gasteiger partial charge < -0.3 is 9.26 Å². The summed E-state index contributed by atoms with van der Waals surface area (Å²) in [6.45, 7) is 5.14.